The number of rotatable bonds is 1. The highest BCUT2D eigenvalue weighted by Gasteiger charge is 2.48. The van der Waals surface area contributed by atoms with Crippen molar-refractivity contribution in [3.63, 3.8) is 0 Å². The molecule has 0 radical (unpaired) electrons. The van der Waals surface area contributed by atoms with Gasteiger partial charge in [0.05, 0.1) is 22.7 Å². The lowest BCUT2D eigenvalue weighted by Crippen LogP contribution is -2.48. The highest BCUT2D eigenvalue weighted by atomic mass is 19.4. The van der Waals surface area contributed by atoms with Crippen LogP contribution in [0.4, 0.5) is 26.3 Å². The van der Waals surface area contributed by atoms with Crippen LogP contribution in [0.15, 0.2) is 114 Å². The molecule has 0 saturated carbocycles. The fourth-order valence-electron chi connectivity index (χ4n) is 8.75. The molecule has 4 aromatic heterocycles. The Morgan fingerprint density at radius 1 is 0.759 bits per heavy atom. The van der Waals surface area contributed by atoms with Gasteiger partial charge in [-0.2, -0.15) is 35.5 Å². The van der Waals surface area contributed by atoms with Gasteiger partial charge in [0.1, 0.15) is 5.56 Å². The lowest BCUT2D eigenvalue weighted by atomic mass is 9.77. The van der Waals surface area contributed by atoms with E-state index in [1.165, 1.54) is 4.57 Å². The van der Waals surface area contributed by atoms with Gasteiger partial charge in [0.25, 0.3) is 0 Å². The van der Waals surface area contributed by atoms with Gasteiger partial charge >= 0.3 is 12.4 Å². The van der Waals surface area contributed by atoms with Crippen LogP contribution in [0.3, 0.4) is 0 Å². The summed E-state index contributed by atoms with van der Waals surface area (Å²) in [5.74, 6) is -0.227. The molecule has 0 fully saturated rings. The Bertz CT molecular complexity index is 2670. The van der Waals surface area contributed by atoms with Crippen molar-refractivity contribution >= 4 is 27.8 Å². The molecule has 4 nitrogen and oxygen atoms in total. The van der Waals surface area contributed by atoms with Crippen LogP contribution >= 0.6 is 0 Å². The van der Waals surface area contributed by atoms with Crippen molar-refractivity contribution in [1.29, 1.82) is 0 Å². The first-order chi connectivity index (χ1) is 25.8. The highest BCUT2D eigenvalue weighted by Crippen LogP contribution is 2.47. The van der Waals surface area contributed by atoms with E-state index in [4.69, 9.17) is 9.40 Å². The molecule has 0 amide bonds. The summed E-state index contributed by atoms with van der Waals surface area (Å²) in [7, 11) is 0. The van der Waals surface area contributed by atoms with Gasteiger partial charge in [0.15, 0.2) is 29.7 Å². The Labute approximate surface area is 306 Å². The number of furan rings is 1. The fraction of sp³-hybridized carbons (Fsp3) is 0.205. The van der Waals surface area contributed by atoms with Crippen molar-refractivity contribution < 1.29 is 39.9 Å². The van der Waals surface area contributed by atoms with Crippen LogP contribution in [0.1, 0.15) is 58.2 Å². The van der Waals surface area contributed by atoms with E-state index in [-0.39, 0.29) is 46.6 Å². The van der Waals surface area contributed by atoms with E-state index in [1.54, 1.807) is 0 Å². The molecule has 0 N–H and O–H groups in total. The quantitative estimate of drug-likeness (QED) is 0.124. The predicted octanol–water partition coefficient (Wildman–Crippen LogP) is 11.4. The van der Waals surface area contributed by atoms with Gasteiger partial charge < -0.3 is 4.42 Å². The lowest BCUT2D eigenvalue weighted by Gasteiger charge is -2.31. The number of pyridine rings is 3. The van der Waals surface area contributed by atoms with Gasteiger partial charge in [0, 0.05) is 52.9 Å². The van der Waals surface area contributed by atoms with Gasteiger partial charge in [-0.05, 0) is 73.4 Å². The van der Waals surface area contributed by atoms with Gasteiger partial charge in [0.2, 0.25) is 17.1 Å². The van der Waals surface area contributed by atoms with Crippen molar-refractivity contribution in [3.8, 4) is 33.8 Å². The number of hydrogen-bond donors (Lipinski definition) is 0. The molecule has 0 saturated heterocycles. The van der Waals surface area contributed by atoms with E-state index in [0.29, 0.717) is 47.1 Å². The molecule has 3 aromatic carbocycles. The third-order valence-corrected chi connectivity index (χ3v) is 11.1. The maximum absolute atomic E-state index is 14.7. The molecular weight excluding hydrogens is 700 g/mol. The van der Waals surface area contributed by atoms with Crippen molar-refractivity contribution in [1.82, 2.24) is 4.98 Å². The van der Waals surface area contributed by atoms with Crippen molar-refractivity contribution in [2.45, 2.75) is 57.4 Å². The normalized spacial score (nSPS) is 17.1. The first-order valence-electron chi connectivity index (χ1n) is 17.7. The topological polar surface area (TPSA) is 33.8 Å². The SMILES string of the molecule is C=C1CC2c3ccccc3-c3cccc[n+]3C2CCc2ccc3c(oc4nc(-c5c(C)cccc5C)ccc43)c2-c2cc(C(F)(F)F)c(C(F)(F)F)c[n+]21. The minimum atomic E-state index is -5.30. The molecule has 54 heavy (non-hydrogen) atoms. The molecule has 10 heteroatoms. The summed E-state index contributed by atoms with van der Waals surface area (Å²) < 4.78 is 97.7. The molecule has 9 rings (SSSR count). The molecule has 2 aliphatic rings. The van der Waals surface area contributed by atoms with Crippen molar-refractivity contribution in [3.05, 3.63) is 143 Å². The molecule has 0 spiro atoms. The number of alkyl halides is 6. The molecule has 0 aliphatic carbocycles. The number of nitrogens with zero attached hydrogens (tertiary/aromatic N) is 3. The van der Waals surface area contributed by atoms with Gasteiger partial charge in [-0.1, -0.05) is 48.5 Å². The Kier molecular flexibility index (Phi) is 7.64. The molecule has 2 unspecified atom stereocenters. The van der Waals surface area contributed by atoms with E-state index in [0.717, 1.165) is 33.5 Å². The van der Waals surface area contributed by atoms with Crippen molar-refractivity contribution in [2.75, 3.05) is 0 Å². The second-order valence-electron chi connectivity index (χ2n) is 14.3. The van der Waals surface area contributed by atoms with Crippen LogP contribution in [-0.4, -0.2) is 4.98 Å². The number of aromatic nitrogens is 3. The van der Waals surface area contributed by atoms with E-state index >= 15 is 0 Å². The molecule has 6 heterocycles. The molecular formula is C44H33F6N3O+2. The average molecular weight is 734 g/mol. The maximum atomic E-state index is 14.7. The minimum absolute atomic E-state index is 0.0782. The molecule has 0 bridgehead atoms. The fourth-order valence-corrected chi connectivity index (χ4v) is 8.75. The Balaban J connectivity index is 1.33. The summed E-state index contributed by atoms with van der Waals surface area (Å²) >= 11 is 0. The molecule has 2 aliphatic heterocycles. The van der Waals surface area contributed by atoms with E-state index in [9.17, 15) is 26.3 Å². The third kappa shape index (κ3) is 5.33. The number of halogens is 6. The van der Waals surface area contributed by atoms with Crippen LogP contribution in [0.25, 0.3) is 61.5 Å². The molecule has 270 valence electrons. The summed E-state index contributed by atoms with van der Waals surface area (Å²) in [5.41, 5.74) is 4.71. The smallest absolute Gasteiger partial charge is 0.422 e. The van der Waals surface area contributed by atoms with Crippen LogP contribution in [0.5, 0.6) is 0 Å². The second kappa shape index (κ2) is 12.1. The van der Waals surface area contributed by atoms with Crippen LogP contribution < -0.4 is 9.13 Å². The largest absolute Gasteiger partial charge is 0.437 e. The highest BCUT2D eigenvalue weighted by molar-refractivity contribution is 6.09. The standard InChI is InChI=1S/C44H33F6N3O/c1-24-9-8-10-25(2)39(24)35-18-17-31-30-16-14-27-15-19-37-32(28-11-4-5-12-29(28)36-13-6-7-20-52(36)37)21-26(3)53-23-34(44(48,49)50)33(43(45,46)47)22-38(53)40(27)41(30)54-42(31)51-35/h4-14,16-18,20,22-23,32,37H,3,15,19,21H2,1-2H3/q+2. The lowest BCUT2D eigenvalue weighted by molar-refractivity contribution is -0.719. The average Bonchev–Trinajstić information content (AvgIpc) is 3.51. The number of fused-ring (bicyclic) bond motifs is 13. The summed E-state index contributed by atoms with van der Waals surface area (Å²) in [6.07, 6.45) is -6.82. The van der Waals surface area contributed by atoms with Gasteiger partial charge in [-0.3, -0.25) is 0 Å². The zero-order chi connectivity index (χ0) is 37.7. The zero-order valence-electron chi connectivity index (χ0n) is 29.3. The minimum Gasteiger partial charge on any atom is -0.437 e. The molecule has 2 atom stereocenters. The van der Waals surface area contributed by atoms with Gasteiger partial charge in [-0.25, -0.2) is 4.98 Å². The summed E-state index contributed by atoms with van der Waals surface area (Å²) in [4.78, 5) is 4.88. The molecule has 7 aromatic rings. The van der Waals surface area contributed by atoms with E-state index in [1.807, 2.05) is 105 Å². The summed E-state index contributed by atoms with van der Waals surface area (Å²) in [6, 6.07) is 27.8. The van der Waals surface area contributed by atoms with E-state index in [2.05, 4.69) is 11.1 Å². The number of hydrogen-bond acceptors (Lipinski definition) is 2. The maximum Gasteiger partial charge on any atom is 0.422 e. The van der Waals surface area contributed by atoms with Gasteiger partial charge in [-0.15, -0.1) is 0 Å². The summed E-state index contributed by atoms with van der Waals surface area (Å²) in [6.45, 7) is 8.26. The predicted molar refractivity (Wildman–Crippen MR) is 194 cm³/mol. The van der Waals surface area contributed by atoms with Crippen LogP contribution in [-0.2, 0) is 18.8 Å². The third-order valence-electron chi connectivity index (χ3n) is 11.1. The van der Waals surface area contributed by atoms with Crippen LogP contribution in [0.2, 0.25) is 0 Å². The number of benzene rings is 3. The van der Waals surface area contributed by atoms with E-state index < -0.39 is 23.5 Å². The zero-order valence-corrected chi connectivity index (χ0v) is 29.3. The Morgan fingerprint density at radius 3 is 2.24 bits per heavy atom. The Morgan fingerprint density at radius 2 is 1.48 bits per heavy atom. The summed E-state index contributed by atoms with van der Waals surface area (Å²) in [5, 5.41) is 1.23. The van der Waals surface area contributed by atoms with Crippen molar-refractivity contribution in [2.24, 2.45) is 0 Å². The number of allylic oxidation sites excluding steroid dienone is 1. The first-order valence-corrected chi connectivity index (χ1v) is 17.7. The number of aryl methyl sites for hydroxylation is 3. The Hall–Kier alpha value is -5.77. The van der Waals surface area contributed by atoms with Crippen LogP contribution in [0, 0.1) is 13.8 Å². The first kappa shape index (κ1) is 34.0. The monoisotopic (exact) mass is 733 g/mol. The second-order valence-corrected chi connectivity index (χ2v) is 14.3.